The molecule has 5 nitrogen and oxygen atoms in total. The smallest absolute Gasteiger partial charge is 0.254 e. The molecule has 0 spiro atoms. The lowest BCUT2D eigenvalue weighted by Gasteiger charge is -2.31. The first-order valence-corrected chi connectivity index (χ1v) is 10.8. The molecule has 1 amide bonds. The zero-order valence-corrected chi connectivity index (χ0v) is 16.9. The summed E-state index contributed by atoms with van der Waals surface area (Å²) in [4.78, 5) is 15.6. The largest absolute Gasteiger partial charge is 0.492 e. The molecule has 3 atom stereocenters. The molecule has 0 aromatic heterocycles. The number of nitrogens with two attached hydrogens (primary N) is 1. The third kappa shape index (κ3) is 4.46. The van der Waals surface area contributed by atoms with Gasteiger partial charge < -0.3 is 20.7 Å². The van der Waals surface area contributed by atoms with Crippen molar-refractivity contribution in [3.8, 4) is 5.75 Å². The van der Waals surface area contributed by atoms with Gasteiger partial charge in [-0.1, -0.05) is 49.2 Å². The van der Waals surface area contributed by atoms with Gasteiger partial charge in [0.2, 0.25) is 0 Å². The minimum atomic E-state index is 0.0963. The minimum absolute atomic E-state index is 0.0963. The van der Waals surface area contributed by atoms with Crippen LogP contribution in [0.1, 0.15) is 47.5 Å². The van der Waals surface area contributed by atoms with Crippen LogP contribution in [0.15, 0.2) is 54.6 Å². The predicted molar refractivity (Wildman–Crippen MR) is 115 cm³/mol. The molecule has 0 saturated carbocycles. The second kappa shape index (κ2) is 9.42. The van der Waals surface area contributed by atoms with E-state index in [4.69, 9.17) is 10.5 Å². The molecule has 2 fully saturated rings. The lowest BCUT2D eigenvalue weighted by Crippen LogP contribution is -2.47. The van der Waals surface area contributed by atoms with Crippen molar-refractivity contribution in [3.05, 3.63) is 65.7 Å². The Morgan fingerprint density at radius 2 is 1.97 bits per heavy atom. The van der Waals surface area contributed by atoms with Gasteiger partial charge in [0.1, 0.15) is 12.4 Å². The van der Waals surface area contributed by atoms with Crippen molar-refractivity contribution in [2.24, 2.45) is 5.73 Å². The molecule has 0 unspecified atom stereocenters. The van der Waals surface area contributed by atoms with Gasteiger partial charge in [-0.2, -0.15) is 0 Å². The first kappa shape index (κ1) is 19.9. The molecule has 2 aromatic rings. The number of nitrogens with zero attached hydrogens (tertiary/aromatic N) is 1. The molecular weight excluding hydrogens is 362 g/mol. The molecule has 2 aliphatic rings. The number of likely N-dealkylation sites (tertiary alicyclic amines) is 1. The number of amides is 1. The average molecular weight is 394 g/mol. The summed E-state index contributed by atoms with van der Waals surface area (Å²) in [6.45, 7) is 2.68. The zero-order chi connectivity index (χ0) is 20.1. The van der Waals surface area contributed by atoms with Gasteiger partial charge in [-0.05, 0) is 43.1 Å². The van der Waals surface area contributed by atoms with Gasteiger partial charge >= 0.3 is 0 Å². The summed E-state index contributed by atoms with van der Waals surface area (Å²) in [6, 6.07) is 18.6. The summed E-state index contributed by atoms with van der Waals surface area (Å²) >= 11 is 0. The fraction of sp³-hybridized carbons (Fsp3) is 0.458. The molecule has 2 heterocycles. The highest BCUT2D eigenvalue weighted by Gasteiger charge is 2.44. The van der Waals surface area contributed by atoms with E-state index in [1.54, 1.807) is 0 Å². The molecule has 2 aromatic carbocycles. The van der Waals surface area contributed by atoms with Gasteiger partial charge in [0.15, 0.2) is 0 Å². The number of carbonyl (C=O) groups is 1. The molecular formula is C24H31N3O2. The molecule has 0 bridgehead atoms. The summed E-state index contributed by atoms with van der Waals surface area (Å²) in [6.07, 6.45) is 4.65. The van der Waals surface area contributed by atoms with Crippen molar-refractivity contribution in [2.45, 2.75) is 43.7 Å². The number of ether oxygens (including phenoxy) is 1. The van der Waals surface area contributed by atoms with E-state index in [0.29, 0.717) is 36.4 Å². The second-order valence-electron chi connectivity index (χ2n) is 8.04. The molecule has 3 N–H and O–H groups in total. The Bertz CT molecular complexity index is 811. The number of fused-ring (bicyclic) bond motifs is 1. The van der Waals surface area contributed by atoms with Gasteiger partial charge in [-0.15, -0.1) is 0 Å². The van der Waals surface area contributed by atoms with E-state index in [2.05, 4.69) is 40.5 Å². The Labute approximate surface area is 173 Å². The molecule has 4 rings (SSSR count). The highest BCUT2D eigenvalue weighted by atomic mass is 16.5. The van der Waals surface area contributed by atoms with E-state index >= 15 is 0 Å². The van der Waals surface area contributed by atoms with Crippen LogP contribution in [0, 0.1) is 0 Å². The van der Waals surface area contributed by atoms with E-state index in [9.17, 15) is 4.79 Å². The van der Waals surface area contributed by atoms with Crippen LogP contribution >= 0.6 is 0 Å². The topological polar surface area (TPSA) is 67.6 Å². The number of carbonyl (C=O) groups excluding carboxylic acids is 1. The van der Waals surface area contributed by atoms with Crippen molar-refractivity contribution in [1.82, 2.24) is 10.2 Å². The molecule has 2 saturated heterocycles. The zero-order valence-electron chi connectivity index (χ0n) is 16.9. The first-order chi connectivity index (χ1) is 14.3. The maximum Gasteiger partial charge on any atom is 0.254 e. The Kier molecular flexibility index (Phi) is 6.47. The number of rotatable bonds is 5. The number of benzene rings is 2. The molecule has 5 heteroatoms. The number of nitrogens with one attached hydrogen (secondary N) is 1. The van der Waals surface area contributed by atoms with Crippen molar-refractivity contribution >= 4 is 5.91 Å². The minimum Gasteiger partial charge on any atom is -0.492 e. The fourth-order valence-corrected chi connectivity index (χ4v) is 4.77. The predicted octanol–water partition coefficient (Wildman–Crippen LogP) is 3.16. The SMILES string of the molecule is NCCOc1cccc(C(=O)N2C[C@@H](c3ccccc3)[C@@H]3NCCCCC[C@@H]32)c1. The molecule has 29 heavy (non-hydrogen) atoms. The Hall–Kier alpha value is -2.37. The summed E-state index contributed by atoms with van der Waals surface area (Å²) in [5.74, 6) is 1.12. The summed E-state index contributed by atoms with van der Waals surface area (Å²) in [5, 5.41) is 3.78. The molecule has 0 radical (unpaired) electrons. The quantitative estimate of drug-likeness (QED) is 0.819. The fourth-order valence-electron chi connectivity index (χ4n) is 4.77. The van der Waals surface area contributed by atoms with Crippen LogP contribution in [0.5, 0.6) is 5.75 Å². The maximum absolute atomic E-state index is 13.5. The highest BCUT2D eigenvalue weighted by Crippen LogP contribution is 2.36. The van der Waals surface area contributed by atoms with Crippen molar-refractivity contribution in [1.29, 1.82) is 0 Å². The van der Waals surface area contributed by atoms with Crippen LogP contribution in [0.25, 0.3) is 0 Å². The van der Waals surface area contributed by atoms with Crippen LogP contribution in [0.2, 0.25) is 0 Å². The van der Waals surface area contributed by atoms with Crippen LogP contribution in [-0.4, -0.2) is 49.1 Å². The summed E-state index contributed by atoms with van der Waals surface area (Å²) in [5.41, 5.74) is 7.54. The Balaban J connectivity index is 1.60. The lowest BCUT2D eigenvalue weighted by atomic mass is 9.88. The van der Waals surface area contributed by atoms with E-state index in [-0.39, 0.29) is 11.9 Å². The number of hydrogen-bond acceptors (Lipinski definition) is 4. The summed E-state index contributed by atoms with van der Waals surface area (Å²) < 4.78 is 5.63. The van der Waals surface area contributed by atoms with Crippen molar-refractivity contribution in [3.63, 3.8) is 0 Å². The molecule has 0 aliphatic carbocycles. The molecule has 154 valence electrons. The Morgan fingerprint density at radius 1 is 1.10 bits per heavy atom. The first-order valence-electron chi connectivity index (χ1n) is 10.8. The third-order valence-corrected chi connectivity index (χ3v) is 6.15. The van der Waals surface area contributed by atoms with Crippen molar-refractivity contribution in [2.75, 3.05) is 26.2 Å². The highest BCUT2D eigenvalue weighted by molar-refractivity contribution is 5.95. The second-order valence-corrected chi connectivity index (χ2v) is 8.04. The van der Waals surface area contributed by atoms with Crippen LogP contribution < -0.4 is 15.8 Å². The average Bonchev–Trinajstić information content (AvgIpc) is 3.09. The van der Waals surface area contributed by atoms with Crippen molar-refractivity contribution < 1.29 is 9.53 Å². The van der Waals surface area contributed by atoms with E-state index in [1.165, 1.54) is 24.8 Å². The maximum atomic E-state index is 13.5. The van der Waals surface area contributed by atoms with Crippen LogP contribution in [-0.2, 0) is 0 Å². The molecule has 2 aliphatic heterocycles. The van der Waals surface area contributed by atoms with Crippen LogP contribution in [0.4, 0.5) is 0 Å². The van der Waals surface area contributed by atoms with Gasteiger partial charge in [-0.25, -0.2) is 0 Å². The van der Waals surface area contributed by atoms with Gasteiger partial charge in [-0.3, -0.25) is 4.79 Å². The number of hydrogen-bond donors (Lipinski definition) is 2. The monoisotopic (exact) mass is 393 g/mol. The summed E-state index contributed by atoms with van der Waals surface area (Å²) in [7, 11) is 0. The third-order valence-electron chi connectivity index (χ3n) is 6.15. The standard InChI is InChI=1S/C24H31N3O2/c25-13-15-29-20-11-7-10-19(16-20)24(28)27-17-21(18-8-3-1-4-9-18)23-22(27)12-5-2-6-14-26-23/h1,3-4,7-11,16,21-23,26H,2,5-6,12-15,17,25H2/t21-,22-,23-/m0/s1. The lowest BCUT2D eigenvalue weighted by molar-refractivity contribution is 0.0712. The normalized spacial score (nSPS) is 24.4. The Morgan fingerprint density at radius 3 is 2.79 bits per heavy atom. The van der Waals surface area contributed by atoms with Gasteiger partial charge in [0.25, 0.3) is 5.91 Å². The van der Waals surface area contributed by atoms with E-state index in [1.807, 2.05) is 24.3 Å². The van der Waals surface area contributed by atoms with Gasteiger partial charge in [0.05, 0.1) is 0 Å². The van der Waals surface area contributed by atoms with E-state index in [0.717, 1.165) is 19.5 Å². The van der Waals surface area contributed by atoms with Crippen LogP contribution in [0.3, 0.4) is 0 Å². The van der Waals surface area contributed by atoms with E-state index < -0.39 is 0 Å². The van der Waals surface area contributed by atoms with Gasteiger partial charge in [0, 0.05) is 36.7 Å².